The van der Waals surface area contributed by atoms with Gasteiger partial charge in [-0.25, -0.2) is 23.4 Å². The molecule has 0 spiro atoms. The Morgan fingerprint density at radius 3 is 2.69 bits per heavy atom. The van der Waals surface area contributed by atoms with Gasteiger partial charge >= 0.3 is 0 Å². The normalized spacial score (nSPS) is 17.5. The summed E-state index contributed by atoms with van der Waals surface area (Å²) in [6.45, 7) is 1.31. The van der Waals surface area contributed by atoms with Crippen LogP contribution in [0.5, 0.6) is 0 Å². The minimum Gasteiger partial charge on any atom is -0.391 e. The fourth-order valence-electron chi connectivity index (χ4n) is 4.45. The summed E-state index contributed by atoms with van der Waals surface area (Å²) in [6, 6.07) is 3.60. The Balaban J connectivity index is 1.27. The maximum Gasteiger partial charge on any atom is 0.256 e. The zero-order valence-corrected chi connectivity index (χ0v) is 22.1. The minimum atomic E-state index is -3.47. The van der Waals surface area contributed by atoms with E-state index in [0.29, 0.717) is 42.4 Å². The second-order valence-corrected chi connectivity index (χ2v) is 11.8. The average Bonchev–Trinajstić information content (AvgIpc) is 3.53. The summed E-state index contributed by atoms with van der Waals surface area (Å²) < 4.78 is 27.7. The van der Waals surface area contributed by atoms with Gasteiger partial charge in [0.1, 0.15) is 11.6 Å². The molecule has 39 heavy (non-hydrogen) atoms. The molecule has 0 bridgehead atoms. The smallest absolute Gasteiger partial charge is 0.256 e. The van der Waals surface area contributed by atoms with Crippen LogP contribution in [-0.2, 0) is 17.1 Å². The van der Waals surface area contributed by atoms with Crippen LogP contribution in [0.25, 0.3) is 11.4 Å². The molecule has 2 fully saturated rings. The number of hydrogen-bond acceptors (Lipinski definition) is 10. The molecule has 6 rings (SSSR count). The second-order valence-electron chi connectivity index (χ2n) is 9.72. The van der Waals surface area contributed by atoms with Crippen molar-refractivity contribution in [3.05, 3.63) is 60.4 Å². The van der Waals surface area contributed by atoms with Crippen LogP contribution in [0.1, 0.15) is 36.8 Å². The van der Waals surface area contributed by atoms with Crippen molar-refractivity contribution in [1.82, 2.24) is 33.9 Å². The van der Waals surface area contributed by atoms with Crippen molar-refractivity contribution in [2.24, 2.45) is 7.05 Å². The monoisotopic (exact) mass is 545 g/mol. The van der Waals surface area contributed by atoms with E-state index in [1.807, 2.05) is 19.3 Å². The molecular formula is C26H27N9O3S. The van der Waals surface area contributed by atoms with Gasteiger partial charge in [-0.1, -0.05) is 11.8 Å². The number of anilines is 3. The molecule has 2 N–H and O–H groups in total. The lowest BCUT2D eigenvalue weighted by Crippen LogP contribution is -2.38. The van der Waals surface area contributed by atoms with Gasteiger partial charge in [0, 0.05) is 44.8 Å². The highest BCUT2D eigenvalue weighted by atomic mass is 32.2. The van der Waals surface area contributed by atoms with Crippen molar-refractivity contribution in [1.29, 1.82) is 0 Å². The highest BCUT2D eigenvalue weighted by Crippen LogP contribution is 2.31. The number of rotatable bonds is 6. The largest absolute Gasteiger partial charge is 0.391 e. The van der Waals surface area contributed by atoms with E-state index in [0.717, 1.165) is 40.3 Å². The number of aliphatic hydroxyl groups excluding tert-OH is 1. The summed E-state index contributed by atoms with van der Waals surface area (Å²) in [6.07, 6.45) is 12.3. The van der Waals surface area contributed by atoms with E-state index in [4.69, 9.17) is 0 Å². The number of aryl methyl sites for hydroxylation is 1. The van der Waals surface area contributed by atoms with Crippen molar-refractivity contribution in [3.8, 4) is 23.2 Å². The molecule has 0 amide bonds. The van der Waals surface area contributed by atoms with Gasteiger partial charge in [0.05, 0.1) is 52.3 Å². The summed E-state index contributed by atoms with van der Waals surface area (Å²) in [5.41, 5.74) is 2.90. The molecule has 1 saturated carbocycles. The maximum absolute atomic E-state index is 12.5. The molecule has 1 saturated heterocycles. The highest BCUT2D eigenvalue weighted by molar-refractivity contribution is 7.90. The van der Waals surface area contributed by atoms with E-state index >= 15 is 0 Å². The van der Waals surface area contributed by atoms with Gasteiger partial charge in [-0.05, 0) is 31.7 Å². The molecule has 2 aliphatic rings. The molecule has 1 aliphatic heterocycles. The molecule has 200 valence electrons. The Kier molecular flexibility index (Phi) is 6.49. The first-order valence-corrected chi connectivity index (χ1v) is 14.2. The van der Waals surface area contributed by atoms with Crippen LogP contribution in [0.4, 0.5) is 17.3 Å². The van der Waals surface area contributed by atoms with Gasteiger partial charge in [-0.3, -0.25) is 4.68 Å². The van der Waals surface area contributed by atoms with E-state index in [1.165, 1.54) is 12.4 Å². The van der Waals surface area contributed by atoms with Gasteiger partial charge in [-0.15, -0.1) is 0 Å². The number of β-amino-alcohol motifs (C(OH)–C–C–N with tert-alkyl or cyclic N) is 1. The second kappa shape index (κ2) is 10.1. The Labute approximate surface area is 225 Å². The Morgan fingerprint density at radius 1 is 1.05 bits per heavy atom. The molecule has 0 aromatic carbocycles. The van der Waals surface area contributed by atoms with Gasteiger partial charge in [0.2, 0.25) is 0 Å². The first kappa shape index (κ1) is 25.0. The van der Waals surface area contributed by atoms with E-state index < -0.39 is 16.1 Å². The molecule has 12 nitrogen and oxygen atoms in total. The number of piperidine rings is 1. The lowest BCUT2D eigenvalue weighted by Gasteiger charge is -2.32. The molecule has 1 unspecified atom stereocenters. The van der Waals surface area contributed by atoms with E-state index in [-0.39, 0.29) is 5.25 Å². The fraction of sp³-hybridized carbons (Fsp3) is 0.346. The molecule has 1 atom stereocenters. The third kappa shape index (κ3) is 5.47. The number of pyridine rings is 1. The van der Waals surface area contributed by atoms with Crippen LogP contribution < -0.4 is 10.2 Å². The first-order chi connectivity index (χ1) is 18.8. The number of nitrogens with zero attached hydrogens (tertiary/aromatic N) is 8. The van der Waals surface area contributed by atoms with Crippen LogP contribution in [0.15, 0.2) is 49.3 Å². The standard InChI is InChI=1S/C26H27N9O3S/c1-33-15-18(12-29-33)4-5-19-13-28-25(11-23(19)34-10-2-3-21(36)17-34)31-24-8-9-27-26(32-24)20-14-30-35(16-20)39(37,38)22-6-7-22/h8-9,11-16,21-22,36H,2-3,6-7,10,17H2,1H3,(H,27,28,31,32). The van der Waals surface area contributed by atoms with Crippen molar-refractivity contribution in [2.75, 3.05) is 23.3 Å². The molecule has 4 aromatic heterocycles. The van der Waals surface area contributed by atoms with Crippen molar-refractivity contribution < 1.29 is 13.5 Å². The van der Waals surface area contributed by atoms with Gasteiger partial charge in [0.25, 0.3) is 10.0 Å². The molecule has 0 radical (unpaired) electrons. The lowest BCUT2D eigenvalue weighted by molar-refractivity contribution is 0.154. The molecule has 4 aromatic rings. The SMILES string of the molecule is Cn1cc(C#Cc2cnc(Nc3ccnc(-c4cnn(S(=O)(=O)C5CC5)c4)n3)cc2N2CCCC(O)C2)cn1. The predicted octanol–water partition coefficient (Wildman–Crippen LogP) is 1.91. The fourth-order valence-corrected chi connectivity index (χ4v) is 5.92. The summed E-state index contributed by atoms with van der Waals surface area (Å²) in [5.74, 6) is 7.72. The lowest BCUT2D eigenvalue weighted by atomic mass is 10.1. The summed E-state index contributed by atoms with van der Waals surface area (Å²) in [7, 11) is -1.63. The van der Waals surface area contributed by atoms with Gasteiger partial charge in [-0.2, -0.15) is 14.3 Å². The highest BCUT2D eigenvalue weighted by Gasteiger charge is 2.37. The Morgan fingerprint density at radius 2 is 1.92 bits per heavy atom. The number of aromatic nitrogens is 7. The van der Waals surface area contributed by atoms with Crippen molar-refractivity contribution in [3.63, 3.8) is 0 Å². The van der Waals surface area contributed by atoms with Crippen molar-refractivity contribution >= 4 is 27.3 Å². The number of aliphatic hydroxyl groups is 1. The van der Waals surface area contributed by atoms with E-state index in [2.05, 4.69) is 47.2 Å². The van der Waals surface area contributed by atoms with Crippen LogP contribution in [0, 0.1) is 11.8 Å². The topological polar surface area (TPSA) is 144 Å². The maximum atomic E-state index is 12.5. The molecule has 1 aliphatic carbocycles. The summed E-state index contributed by atoms with van der Waals surface area (Å²) >= 11 is 0. The minimum absolute atomic E-state index is 0.343. The third-order valence-corrected chi connectivity index (χ3v) is 8.64. The first-order valence-electron chi connectivity index (χ1n) is 12.7. The molecule has 5 heterocycles. The van der Waals surface area contributed by atoms with Crippen LogP contribution in [-0.4, -0.2) is 71.9 Å². The molecule has 13 heteroatoms. The predicted molar refractivity (Wildman–Crippen MR) is 145 cm³/mol. The third-order valence-electron chi connectivity index (χ3n) is 6.60. The number of nitrogens with one attached hydrogen (secondary N) is 1. The van der Waals surface area contributed by atoms with Crippen LogP contribution >= 0.6 is 0 Å². The average molecular weight is 546 g/mol. The molecular weight excluding hydrogens is 518 g/mol. The van der Waals surface area contributed by atoms with E-state index in [1.54, 1.807) is 29.3 Å². The Bertz CT molecular complexity index is 1680. The quantitative estimate of drug-likeness (QED) is 0.345. The van der Waals surface area contributed by atoms with Gasteiger partial charge < -0.3 is 15.3 Å². The summed E-state index contributed by atoms with van der Waals surface area (Å²) in [5, 5.41) is 21.3. The summed E-state index contributed by atoms with van der Waals surface area (Å²) in [4.78, 5) is 15.5. The van der Waals surface area contributed by atoms with Crippen LogP contribution in [0.2, 0.25) is 0 Å². The zero-order valence-electron chi connectivity index (χ0n) is 21.3. The van der Waals surface area contributed by atoms with Crippen molar-refractivity contribution in [2.45, 2.75) is 37.0 Å². The zero-order chi connectivity index (χ0) is 27.0. The van der Waals surface area contributed by atoms with Crippen LogP contribution in [0.3, 0.4) is 0 Å². The Hall–Kier alpha value is -4.28. The number of hydrogen-bond donors (Lipinski definition) is 2. The van der Waals surface area contributed by atoms with E-state index in [9.17, 15) is 13.5 Å². The van der Waals surface area contributed by atoms with Gasteiger partial charge in [0.15, 0.2) is 5.82 Å².